The molecule has 0 amide bonds. The summed E-state index contributed by atoms with van der Waals surface area (Å²) in [6.07, 6.45) is -0.332. The summed E-state index contributed by atoms with van der Waals surface area (Å²) in [4.78, 5) is 11.7. The highest BCUT2D eigenvalue weighted by Gasteiger charge is 2.12. The molecule has 0 radical (unpaired) electrons. The van der Waals surface area contributed by atoms with Gasteiger partial charge in [0.1, 0.15) is 6.23 Å². The minimum absolute atomic E-state index is 0.175. The molecule has 0 saturated carbocycles. The van der Waals surface area contributed by atoms with Gasteiger partial charge in [-0.2, -0.15) is 0 Å². The third-order valence-electron chi connectivity index (χ3n) is 2.25. The monoisotopic (exact) mass is 271 g/mol. The lowest BCUT2D eigenvalue weighted by molar-refractivity contribution is 0.0378. The summed E-state index contributed by atoms with van der Waals surface area (Å²) < 4.78 is 5.09. The fraction of sp³-hybridized carbons (Fsp3) is 0.462. The van der Waals surface area contributed by atoms with Gasteiger partial charge in [0.25, 0.3) is 0 Å². The first-order valence-electron chi connectivity index (χ1n) is 5.89. The van der Waals surface area contributed by atoms with Gasteiger partial charge in [-0.25, -0.2) is 4.79 Å². The predicted octanol–water partition coefficient (Wildman–Crippen LogP) is 3.05. The van der Waals surface area contributed by atoms with Gasteiger partial charge in [0, 0.05) is 0 Å². The Morgan fingerprint density at radius 2 is 2.17 bits per heavy atom. The van der Waals surface area contributed by atoms with E-state index in [0.29, 0.717) is 22.7 Å². The normalized spacial score (nSPS) is 12.3. The van der Waals surface area contributed by atoms with Crippen LogP contribution < -0.4 is 5.32 Å². The molecule has 4 nitrogen and oxygen atoms in total. The van der Waals surface area contributed by atoms with Gasteiger partial charge in [-0.1, -0.05) is 18.5 Å². The van der Waals surface area contributed by atoms with Gasteiger partial charge in [-0.15, -0.1) is 0 Å². The van der Waals surface area contributed by atoms with E-state index in [1.807, 2.05) is 6.92 Å². The zero-order valence-electron chi connectivity index (χ0n) is 10.7. The standard InChI is InChI=1S/C13H18ClNO3/c1-4-12(16)15-11-7-9(5-6-10(11)14)13(17)18-8(2)3/h5-8,12,15-16H,4H2,1-3H3. The first-order valence-corrected chi connectivity index (χ1v) is 6.27. The maximum absolute atomic E-state index is 11.7. The molecule has 2 N–H and O–H groups in total. The number of hydrogen-bond acceptors (Lipinski definition) is 4. The van der Waals surface area contributed by atoms with Crippen molar-refractivity contribution < 1.29 is 14.6 Å². The molecule has 0 saturated heterocycles. The lowest BCUT2D eigenvalue weighted by Crippen LogP contribution is -2.18. The average Bonchev–Trinajstić information content (AvgIpc) is 2.30. The molecule has 5 heteroatoms. The van der Waals surface area contributed by atoms with E-state index >= 15 is 0 Å². The van der Waals surface area contributed by atoms with E-state index in [1.54, 1.807) is 32.0 Å². The van der Waals surface area contributed by atoms with Crippen LogP contribution in [0.3, 0.4) is 0 Å². The molecule has 0 spiro atoms. The van der Waals surface area contributed by atoms with Crippen LogP contribution in [-0.2, 0) is 4.74 Å². The number of benzene rings is 1. The maximum atomic E-state index is 11.7. The van der Waals surface area contributed by atoms with E-state index in [1.165, 1.54) is 0 Å². The second-order valence-electron chi connectivity index (χ2n) is 4.22. The van der Waals surface area contributed by atoms with Gasteiger partial charge in [-0.3, -0.25) is 0 Å². The van der Waals surface area contributed by atoms with Gasteiger partial charge < -0.3 is 15.2 Å². The van der Waals surface area contributed by atoms with Crippen LogP contribution >= 0.6 is 11.6 Å². The Bertz CT molecular complexity index is 421. The van der Waals surface area contributed by atoms with Crippen LogP contribution in [0.1, 0.15) is 37.6 Å². The third-order valence-corrected chi connectivity index (χ3v) is 2.58. The molecule has 1 rings (SSSR count). The molecule has 0 aliphatic carbocycles. The molecule has 0 aliphatic rings. The number of carbonyl (C=O) groups is 1. The summed E-state index contributed by atoms with van der Waals surface area (Å²) in [6.45, 7) is 5.41. The van der Waals surface area contributed by atoms with Gasteiger partial charge in [0.15, 0.2) is 0 Å². The molecular weight excluding hydrogens is 254 g/mol. The Labute approximate surface area is 112 Å². The van der Waals surface area contributed by atoms with Crippen LogP contribution in [-0.4, -0.2) is 23.4 Å². The lowest BCUT2D eigenvalue weighted by Gasteiger charge is -2.15. The topological polar surface area (TPSA) is 58.6 Å². The van der Waals surface area contributed by atoms with Crippen molar-refractivity contribution in [2.45, 2.75) is 39.5 Å². The van der Waals surface area contributed by atoms with Crippen LogP contribution in [0.4, 0.5) is 5.69 Å². The van der Waals surface area contributed by atoms with E-state index in [9.17, 15) is 9.90 Å². The highest BCUT2D eigenvalue weighted by atomic mass is 35.5. The Kier molecular flexibility index (Phi) is 5.44. The van der Waals surface area contributed by atoms with Crippen LogP contribution in [0.2, 0.25) is 5.02 Å². The van der Waals surface area contributed by atoms with E-state index in [2.05, 4.69) is 5.32 Å². The molecule has 1 aromatic carbocycles. The molecule has 1 aromatic rings. The van der Waals surface area contributed by atoms with Gasteiger partial charge in [0.05, 0.1) is 22.4 Å². The molecule has 0 aliphatic heterocycles. The number of aliphatic hydroxyl groups excluding tert-OH is 1. The number of ether oxygens (including phenoxy) is 1. The molecule has 0 heterocycles. The number of hydrogen-bond donors (Lipinski definition) is 2. The second-order valence-corrected chi connectivity index (χ2v) is 4.62. The first-order chi connectivity index (χ1) is 8.43. The third kappa shape index (κ3) is 4.20. The van der Waals surface area contributed by atoms with E-state index < -0.39 is 12.2 Å². The maximum Gasteiger partial charge on any atom is 0.338 e. The molecule has 0 bridgehead atoms. The molecule has 0 aromatic heterocycles. The summed E-state index contributed by atoms with van der Waals surface area (Å²) in [6, 6.07) is 4.77. The van der Waals surface area contributed by atoms with Crippen molar-refractivity contribution >= 4 is 23.3 Å². The Morgan fingerprint density at radius 3 is 2.72 bits per heavy atom. The first kappa shape index (κ1) is 14.8. The fourth-order valence-electron chi connectivity index (χ4n) is 1.33. The number of aliphatic hydroxyl groups is 1. The van der Waals surface area contributed by atoms with Crippen molar-refractivity contribution in [3.63, 3.8) is 0 Å². The average molecular weight is 272 g/mol. The van der Waals surface area contributed by atoms with Crippen LogP contribution in [0, 0.1) is 0 Å². The van der Waals surface area contributed by atoms with Crippen LogP contribution in [0.25, 0.3) is 0 Å². The summed E-state index contributed by atoms with van der Waals surface area (Å²) >= 11 is 5.98. The van der Waals surface area contributed by atoms with Gasteiger partial charge in [0.2, 0.25) is 0 Å². The minimum atomic E-state index is -0.695. The second kappa shape index (κ2) is 6.61. The summed E-state index contributed by atoms with van der Waals surface area (Å²) in [5.74, 6) is -0.407. The molecule has 100 valence electrons. The van der Waals surface area contributed by atoms with Crippen molar-refractivity contribution in [3.8, 4) is 0 Å². The minimum Gasteiger partial charge on any atom is -0.459 e. The summed E-state index contributed by atoms with van der Waals surface area (Å²) in [5.41, 5.74) is 0.920. The number of esters is 1. The van der Waals surface area contributed by atoms with Crippen molar-refractivity contribution in [1.82, 2.24) is 0 Å². The van der Waals surface area contributed by atoms with Gasteiger partial charge >= 0.3 is 5.97 Å². The summed E-state index contributed by atoms with van der Waals surface area (Å²) in [5, 5.41) is 12.8. The van der Waals surface area contributed by atoms with Crippen molar-refractivity contribution in [2.75, 3.05) is 5.32 Å². The molecule has 0 fully saturated rings. The Hall–Kier alpha value is -1.26. The SMILES string of the molecule is CCC(O)Nc1cc(C(=O)OC(C)C)ccc1Cl. The largest absolute Gasteiger partial charge is 0.459 e. The Morgan fingerprint density at radius 1 is 1.50 bits per heavy atom. The predicted molar refractivity (Wildman–Crippen MR) is 71.9 cm³/mol. The zero-order chi connectivity index (χ0) is 13.7. The van der Waals surface area contributed by atoms with Crippen LogP contribution in [0.15, 0.2) is 18.2 Å². The number of anilines is 1. The number of carbonyl (C=O) groups excluding carboxylic acids is 1. The van der Waals surface area contributed by atoms with E-state index in [4.69, 9.17) is 16.3 Å². The quantitative estimate of drug-likeness (QED) is 0.638. The van der Waals surface area contributed by atoms with Crippen molar-refractivity contribution in [3.05, 3.63) is 28.8 Å². The van der Waals surface area contributed by atoms with Crippen molar-refractivity contribution in [2.24, 2.45) is 0 Å². The van der Waals surface area contributed by atoms with Gasteiger partial charge in [-0.05, 0) is 38.5 Å². The highest BCUT2D eigenvalue weighted by molar-refractivity contribution is 6.33. The lowest BCUT2D eigenvalue weighted by atomic mass is 10.2. The highest BCUT2D eigenvalue weighted by Crippen LogP contribution is 2.24. The molecular formula is C13H18ClNO3. The number of rotatable bonds is 5. The number of nitrogens with one attached hydrogen (secondary N) is 1. The molecule has 18 heavy (non-hydrogen) atoms. The molecule has 1 atom stereocenters. The fourth-order valence-corrected chi connectivity index (χ4v) is 1.50. The number of halogens is 1. The smallest absolute Gasteiger partial charge is 0.338 e. The molecule has 1 unspecified atom stereocenters. The van der Waals surface area contributed by atoms with E-state index in [0.717, 1.165) is 0 Å². The van der Waals surface area contributed by atoms with Crippen molar-refractivity contribution in [1.29, 1.82) is 0 Å². The zero-order valence-corrected chi connectivity index (χ0v) is 11.5. The van der Waals surface area contributed by atoms with E-state index in [-0.39, 0.29) is 6.10 Å². The Balaban J connectivity index is 2.89. The van der Waals surface area contributed by atoms with Crippen LogP contribution in [0.5, 0.6) is 0 Å². The summed E-state index contributed by atoms with van der Waals surface area (Å²) in [7, 11) is 0.